The fourth-order valence-corrected chi connectivity index (χ4v) is 3.41. The van der Waals surface area contributed by atoms with Crippen LogP contribution < -0.4 is 4.74 Å². The molecule has 1 heterocycles. The molecule has 1 aliphatic rings. The summed E-state index contributed by atoms with van der Waals surface area (Å²) in [5.74, 6) is -2.38. The number of esters is 1. The van der Waals surface area contributed by atoms with E-state index in [0.717, 1.165) is 11.8 Å². The maximum Gasteiger partial charge on any atom is 0.344 e. The molecule has 2 rings (SSSR count). The molecule has 1 aromatic rings. The summed E-state index contributed by atoms with van der Waals surface area (Å²) in [6, 6.07) is 6.64. The van der Waals surface area contributed by atoms with Gasteiger partial charge in [0, 0.05) is 12.0 Å². The van der Waals surface area contributed by atoms with Crippen molar-refractivity contribution in [2.24, 2.45) is 4.99 Å². The van der Waals surface area contributed by atoms with E-state index in [1.165, 1.54) is 6.08 Å². The molecule has 0 spiro atoms. The number of thioether (sulfide) groups is 1. The van der Waals surface area contributed by atoms with Gasteiger partial charge < -0.3 is 19.7 Å². The summed E-state index contributed by atoms with van der Waals surface area (Å²) in [6.07, 6.45) is 2.34. The first-order valence-electron chi connectivity index (χ1n) is 8.93. The minimum absolute atomic E-state index is 0.0644. The van der Waals surface area contributed by atoms with Crippen LogP contribution in [-0.4, -0.2) is 46.3 Å². The van der Waals surface area contributed by atoms with Crippen LogP contribution in [0.15, 0.2) is 45.5 Å². The summed E-state index contributed by atoms with van der Waals surface area (Å²) < 4.78 is 10.2. The summed E-state index contributed by atoms with van der Waals surface area (Å²) in [5.41, 5.74) is 0.323. The molecular formula is C20H21NO7S. The Morgan fingerprint density at radius 3 is 2.59 bits per heavy atom. The van der Waals surface area contributed by atoms with E-state index >= 15 is 0 Å². The van der Waals surface area contributed by atoms with E-state index in [1.54, 1.807) is 31.2 Å². The van der Waals surface area contributed by atoms with Crippen LogP contribution in [0.4, 0.5) is 0 Å². The van der Waals surface area contributed by atoms with Crippen LogP contribution in [0.25, 0.3) is 6.08 Å². The molecule has 0 saturated heterocycles. The topological polar surface area (TPSA) is 122 Å². The standard InChI is InChI=1S/C20H21NO7S/c1-3-7-15(22)21-19-17(20(26)27-4-2)18(25)14(29-19)10-12-8-5-6-9-13(12)28-11-16(23)24/h5-6,8-10,25H,3-4,7,11H2,1-2H3,(H,23,24)/b14-10-,21-19?. The number of aliphatic hydroxyl groups excluding tert-OH is 1. The fourth-order valence-electron chi connectivity index (χ4n) is 2.39. The normalized spacial score (nSPS) is 16.3. The SMILES string of the molecule is CCCC(=O)N=C1S/C(=C\c2ccccc2OCC(=O)O)C(O)=C1C(=O)OCC. The average Bonchev–Trinajstić information content (AvgIpc) is 2.96. The van der Waals surface area contributed by atoms with Crippen LogP contribution in [0.2, 0.25) is 0 Å². The van der Waals surface area contributed by atoms with Crippen molar-refractivity contribution in [2.75, 3.05) is 13.2 Å². The highest BCUT2D eigenvalue weighted by Gasteiger charge is 2.33. The molecule has 154 valence electrons. The number of hydrogen-bond acceptors (Lipinski definition) is 7. The number of carboxylic acids is 1. The van der Waals surface area contributed by atoms with Crippen molar-refractivity contribution in [3.63, 3.8) is 0 Å². The van der Waals surface area contributed by atoms with E-state index in [4.69, 9.17) is 14.6 Å². The Labute approximate surface area is 171 Å². The van der Waals surface area contributed by atoms with Crippen LogP contribution >= 0.6 is 11.8 Å². The Hall–Kier alpha value is -3.07. The van der Waals surface area contributed by atoms with Crippen LogP contribution in [0.3, 0.4) is 0 Å². The number of rotatable bonds is 8. The highest BCUT2D eigenvalue weighted by atomic mass is 32.2. The van der Waals surface area contributed by atoms with Gasteiger partial charge in [0.1, 0.15) is 22.1 Å². The summed E-state index contributed by atoms with van der Waals surface area (Å²) >= 11 is 0.957. The number of hydrogen-bond donors (Lipinski definition) is 2. The van der Waals surface area contributed by atoms with Crippen molar-refractivity contribution in [3.05, 3.63) is 46.1 Å². The van der Waals surface area contributed by atoms with Gasteiger partial charge in [0.15, 0.2) is 6.61 Å². The number of benzene rings is 1. The van der Waals surface area contributed by atoms with Crippen molar-refractivity contribution in [2.45, 2.75) is 26.7 Å². The van der Waals surface area contributed by atoms with Crippen molar-refractivity contribution in [3.8, 4) is 5.75 Å². The largest absolute Gasteiger partial charge is 0.506 e. The van der Waals surface area contributed by atoms with Gasteiger partial charge in [0.05, 0.1) is 11.5 Å². The Bertz CT molecular complexity index is 902. The Morgan fingerprint density at radius 2 is 1.93 bits per heavy atom. The van der Waals surface area contributed by atoms with Crippen molar-refractivity contribution < 1.29 is 34.1 Å². The van der Waals surface area contributed by atoms with E-state index in [2.05, 4.69) is 4.99 Å². The third-order valence-electron chi connectivity index (χ3n) is 3.62. The molecule has 0 fully saturated rings. The highest BCUT2D eigenvalue weighted by molar-refractivity contribution is 8.18. The maximum atomic E-state index is 12.3. The van der Waals surface area contributed by atoms with Gasteiger partial charge in [-0.25, -0.2) is 14.6 Å². The summed E-state index contributed by atoms with van der Waals surface area (Å²) in [6.45, 7) is 3.03. The molecule has 0 aromatic heterocycles. The van der Waals surface area contributed by atoms with E-state index in [1.807, 2.05) is 6.92 Å². The number of amides is 1. The number of para-hydroxylation sites is 1. The van der Waals surface area contributed by atoms with Crippen LogP contribution in [0.5, 0.6) is 5.75 Å². The molecule has 0 unspecified atom stereocenters. The fraction of sp³-hybridized carbons (Fsp3) is 0.300. The highest BCUT2D eigenvalue weighted by Crippen LogP contribution is 2.40. The molecule has 29 heavy (non-hydrogen) atoms. The number of carbonyl (C=O) groups is 3. The van der Waals surface area contributed by atoms with Gasteiger partial charge in [-0.05, 0) is 25.5 Å². The third kappa shape index (κ3) is 5.95. The first kappa shape index (κ1) is 22.2. The third-order valence-corrected chi connectivity index (χ3v) is 4.64. The summed E-state index contributed by atoms with van der Waals surface area (Å²) in [5, 5.41) is 19.5. The zero-order chi connectivity index (χ0) is 21.4. The summed E-state index contributed by atoms with van der Waals surface area (Å²) in [7, 11) is 0. The predicted molar refractivity (Wildman–Crippen MR) is 109 cm³/mol. The minimum Gasteiger partial charge on any atom is -0.506 e. The quantitative estimate of drug-likeness (QED) is 0.615. The second-order valence-electron chi connectivity index (χ2n) is 5.84. The van der Waals surface area contributed by atoms with Gasteiger partial charge in [-0.1, -0.05) is 36.9 Å². The molecule has 2 N–H and O–H groups in total. The van der Waals surface area contributed by atoms with Gasteiger partial charge in [-0.2, -0.15) is 0 Å². The molecular weight excluding hydrogens is 398 g/mol. The second-order valence-corrected chi connectivity index (χ2v) is 6.87. The molecule has 1 amide bonds. The lowest BCUT2D eigenvalue weighted by Crippen LogP contribution is -2.14. The molecule has 0 saturated carbocycles. The lowest BCUT2D eigenvalue weighted by atomic mass is 10.1. The number of aliphatic imine (C=N–C) groups is 1. The summed E-state index contributed by atoms with van der Waals surface area (Å²) in [4.78, 5) is 39.2. The maximum absolute atomic E-state index is 12.3. The minimum atomic E-state index is -1.13. The number of carbonyl (C=O) groups excluding carboxylic acids is 2. The van der Waals surface area contributed by atoms with E-state index in [-0.39, 0.29) is 34.3 Å². The average molecular weight is 419 g/mol. The lowest BCUT2D eigenvalue weighted by molar-refractivity contribution is -0.139. The molecule has 1 aromatic carbocycles. The van der Waals surface area contributed by atoms with Crippen LogP contribution in [-0.2, 0) is 19.1 Å². The first-order chi connectivity index (χ1) is 13.9. The Morgan fingerprint density at radius 1 is 1.21 bits per heavy atom. The van der Waals surface area contributed by atoms with E-state index in [0.29, 0.717) is 17.7 Å². The van der Waals surface area contributed by atoms with Crippen molar-refractivity contribution in [1.82, 2.24) is 0 Å². The predicted octanol–water partition coefficient (Wildman–Crippen LogP) is 3.34. The molecule has 0 radical (unpaired) electrons. The van der Waals surface area contributed by atoms with Gasteiger partial charge in [0.25, 0.3) is 0 Å². The van der Waals surface area contributed by atoms with Crippen LogP contribution in [0, 0.1) is 0 Å². The molecule has 0 bridgehead atoms. The molecule has 0 aliphatic carbocycles. The zero-order valence-corrected chi connectivity index (χ0v) is 16.8. The second kappa shape index (κ2) is 10.5. The number of nitrogens with zero attached hydrogens (tertiary/aromatic N) is 1. The van der Waals surface area contributed by atoms with Gasteiger partial charge in [-0.3, -0.25) is 4.79 Å². The van der Waals surface area contributed by atoms with E-state index < -0.39 is 24.5 Å². The molecule has 9 heteroatoms. The van der Waals surface area contributed by atoms with Crippen LogP contribution in [0.1, 0.15) is 32.3 Å². The first-order valence-corrected chi connectivity index (χ1v) is 9.74. The van der Waals surface area contributed by atoms with Crippen molar-refractivity contribution >= 4 is 40.7 Å². The number of aliphatic hydroxyl groups is 1. The smallest absolute Gasteiger partial charge is 0.344 e. The number of aliphatic carboxylic acids is 1. The van der Waals surface area contributed by atoms with Gasteiger partial charge in [-0.15, -0.1) is 0 Å². The lowest BCUT2D eigenvalue weighted by Gasteiger charge is -2.07. The van der Waals surface area contributed by atoms with Gasteiger partial charge in [0.2, 0.25) is 5.91 Å². The monoisotopic (exact) mass is 419 g/mol. The Balaban J connectivity index is 2.45. The Kier molecular flexibility index (Phi) is 8.02. The van der Waals surface area contributed by atoms with Gasteiger partial charge >= 0.3 is 11.9 Å². The molecule has 0 atom stereocenters. The van der Waals surface area contributed by atoms with E-state index in [9.17, 15) is 19.5 Å². The van der Waals surface area contributed by atoms with Crippen molar-refractivity contribution in [1.29, 1.82) is 0 Å². The molecule has 8 nitrogen and oxygen atoms in total. The molecule has 1 aliphatic heterocycles. The zero-order valence-electron chi connectivity index (χ0n) is 16.0. The number of ether oxygens (including phenoxy) is 2. The number of carboxylic acid groups (broad SMARTS) is 1.